The average Bonchev–Trinajstić information content (AvgIpc) is 2.89. The summed E-state index contributed by atoms with van der Waals surface area (Å²) in [7, 11) is 0. The molecule has 0 aliphatic rings. The predicted octanol–water partition coefficient (Wildman–Crippen LogP) is 4.17. The van der Waals surface area contributed by atoms with Gasteiger partial charge in [-0.15, -0.1) is 0 Å². The van der Waals surface area contributed by atoms with Crippen LogP contribution in [0.3, 0.4) is 0 Å². The molecule has 27 heavy (non-hydrogen) atoms. The van der Waals surface area contributed by atoms with Gasteiger partial charge >= 0.3 is 5.92 Å². The number of alkyl halides is 2. The zero-order valence-corrected chi connectivity index (χ0v) is 16.7. The average molecular weight is 439 g/mol. The van der Waals surface area contributed by atoms with Crippen molar-refractivity contribution in [3.8, 4) is 5.82 Å². The van der Waals surface area contributed by atoms with E-state index in [2.05, 4.69) is 41.3 Å². The molecule has 3 aromatic rings. The van der Waals surface area contributed by atoms with Crippen LogP contribution in [0.25, 0.3) is 16.7 Å². The Morgan fingerprint density at radius 1 is 1.30 bits per heavy atom. The third kappa shape index (κ3) is 3.95. The second-order valence-corrected chi connectivity index (χ2v) is 7.24. The summed E-state index contributed by atoms with van der Waals surface area (Å²) < 4.78 is 29.7. The molecular weight excluding hydrogens is 422 g/mol. The molecule has 142 valence electrons. The quantitative estimate of drug-likeness (QED) is 0.660. The molecule has 0 atom stereocenters. The van der Waals surface area contributed by atoms with Crippen LogP contribution >= 0.6 is 15.9 Å². The lowest BCUT2D eigenvalue weighted by molar-refractivity contribution is -0.114. The molecular formula is C17H17BrF2N6O. The number of carbonyl (C=O) groups excluding carboxylic acids is 1. The lowest BCUT2D eigenvalue weighted by Gasteiger charge is -2.14. The molecule has 0 unspecified atom stereocenters. The summed E-state index contributed by atoms with van der Waals surface area (Å²) in [6.07, 6.45) is 1.54. The molecule has 3 rings (SSSR count). The largest absolute Gasteiger partial charge is 0.311 e. The van der Waals surface area contributed by atoms with Crippen LogP contribution in [0.1, 0.15) is 45.1 Å². The zero-order chi connectivity index (χ0) is 19.9. The van der Waals surface area contributed by atoms with Gasteiger partial charge in [-0.1, -0.05) is 13.8 Å². The van der Waals surface area contributed by atoms with Crippen molar-refractivity contribution in [2.75, 3.05) is 5.32 Å². The van der Waals surface area contributed by atoms with Crippen molar-refractivity contribution in [1.82, 2.24) is 24.7 Å². The fourth-order valence-electron chi connectivity index (χ4n) is 2.45. The van der Waals surface area contributed by atoms with Gasteiger partial charge in [0.2, 0.25) is 11.7 Å². The van der Waals surface area contributed by atoms with Gasteiger partial charge in [-0.3, -0.25) is 4.79 Å². The summed E-state index contributed by atoms with van der Waals surface area (Å²) in [5.74, 6) is -3.58. The van der Waals surface area contributed by atoms with Crippen molar-refractivity contribution in [3.63, 3.8) is 0 Å². The number of nitrogens with one attached hydrogen (secondary N) is 1. The number of amides is 1. The third-order valence-electron chi connectivity index (χ3n) is 3.76. The van der Waals surface area contributed by atoms with E-state index in [0.717, 1.165) is 6.92 Å². The number of fused-ring (bicyclic) bond motifs is 1. The smallest absolute Gasteiger partial charge is 0.303 e. The molecule has 0 aromatic carbocycles. The van der Waals surface area contributed by atoms with Crippen molar-refractivity contribution in [3.05, 3.63) is 34.5 Å². The highest BCUT2D eigenvalue weighted by molar-refractivity contribution is 9.10. The van der Waals surface area contributed by atoms with Crippen molar-refractivity contribution in [2.45, 2.75) is 39.5 Å². The number of nitrogens with zero attached hydrogens (tertiary/aromatic N) is 5. The van der Waals surface area contributed by atoms with Crippen LogP contribution in [0.2, 0.25) is 0 Å². The van der Waals surface area contributed by atoms with Gasteiger partial charge in [0.15, 0.2) is 5.82 Å². The Bertz CT molecular complexity index is 1030. The van der Waals surface area contributed by atoms with Crippen LogP contribution in [0, 0.1) is 0 Å². The first-order valence-corrected chi connectivity index (χ1v) is 8.95. The molecule has 3 aromatic heterocycles. The van der Waals surface area contributed by atoms with E-state index in [1.807, 2.05) is 13.8 Å². The van der Waals surface area contributed by atoms with E-state index in [9.17, 15) is 13.6 Å². The second-order valence-electron chi connectivity index (χ2n) is 6.49. The molecule has 0 bridgehead atoms. The first kappa shape index (κ1) is 19.3. The first-order chi connectivity index (χ1) is 12.6. The van der Waals surface area contributed by atoms with E-state index in [4.69, 9.17) is 0 Å². The second kappa shape index (κ2) is 6.91. The van der Waals surface area contributed by atoms with Crippen LogP contribution in [0.4, 0.5) is 14.6 Å². The Kier molecular flexibility index (Phi) is 4.94. The van der Waals surface area contributed by atoms with Gasteiger partial charge in [0.05, 0.1) is 10.9 Å². The maximum atomic E-state index is 13.9. The maximum absolute atomic E-state index is 13.9. The molecule has 0 fully saturated rings. The molecule has 0 saturated carbocycles. The number of hydrogen-bond acceptors (Lipinski definition) is 5. The van der Waals surface area contributed by atoms with E-state index in [-0.39, 0.29) is 17.6 Å². The van der Waals surface area contributed by atoms with Crippen LogP contribution in [-0.4, -0.2) is 30.6 Å². The Morgan fingerprint density at radius 3 is 2.59 bits per heavy atom. The number of anilines is 1. The molecule has 1 N–H and O–H groups in total. The summed E-state index contributed by atoms with van der Waals surface area (Å²) >= 11 is 3.35. The maximum Gasteiger partial charge on any atom is 0.303 e. The molecule has 10 heteroatoms. The Morgan fingerprint density at radius 2 is 2.00 bits per heavy atom. The van der Waals surface area contributed by atoms with Crippen molar-refractivity contribution in [2.24, 2.45) is 0 Å². The fraction of sp³-hybridized carbons (Fsp3) is 0.353. The summed E-state index contributed by atoms with van der Waals surface area (Å²) in [6.45, 7) is 5.85. The molecule has 0 spiro atoms. The van der Waals surface area contributed by atoms with Crippen molar-refractivity contribution >= 4 is 38.6 Å². The number of pyridine rings is 1. The van der Waals surface area contributed by atoms with Gasteiger partial charge in [-0.05, 0) is 21.8 Å². The van der Waals surface area contributed by atoms with Gasteiger partial charge in [0.1, 0.15) is 10.4 Å². The number of rotatable bonds is 4. The van der Waals surface area contributed by atoms with Crippen molar-refractivity contribution < 1.29 is 13.6 Å². The van der Waals surface area contributed by atoms with E-state index < -0.39 is 11.7 Å². The standard InChI is InChI=1S/C17H17BrF2N6O/c1-8(2)11-5-14(24-16(23-11)17(4,19)20)26-12-6-13(22-9(3)27)21-7-10(12)15(18)25-26/h5-8H,1-4H3,(H,21,22,27). The normalized spacial score (nSPS) is 12.0. The van der Waals surface area contributed by atoms with Gasteiger partial charge in [-0.25, -0.2) is 19.6 Å². The summed E-state index contributed by atoms with van der Waals surface area (Å²) in [5, 5.41) is 7.59. The zero-order valence-electron chi connectivity index (χ0n) is 15.1. The predicted molar refractivity (Wildman–Crippen MR) is 100 cm³/mol. The number of halogens is 3. The van der Waals surface area contributed by atoms with E-state index >= 15 is 0 Å². The summed E-state index contributed by atoms with van der Waals surface area (Å²) in [5.41, 5.74) is 1.03. The highest BCUT2D eigenvalue weighted by atomic mass is 79.9. The molecule has 0 aliphatic heterocycles. The van der Waals surface area contributed by atoms with Crippen LogP contribution in [0.15, 0.2) is 22.9 Å². The number of hydrogen-bond donors (Lipinski definition) is 1. The first-order valence-electron chi connectivity index (χ1n) is 8.15. The number of aromatic nitrogens is 5. The van der Waals surface area contributed by atoms with E-state index in [0.29, 0.717) is 27.0 Å². The fourth-order valence-corrected chi connectivity index (χ4v) is 2.92. The highest BCUT2D eigenvalue weighted by Crippen LogP contribution is 2.30. The highest BCUT2D eigenvalue weighted by Gasteiger charge is 2.30. The van der Waals surface area contributed by atoms with Gasteiger partial charge in [-0.2, -0.15) is 13.9 Å². The van der Waals surface area contributed by atoms with Crippen LogP contribution in [0.5, 0.6) is 0 Å². The number of carbonyl (C=O) groups is 1. The molecule has 0 radical (unpaired) electrons. The SMILES string of the molecule is CC(=O)Nc1cc2c(cn1)c(Br)nn2-c1cc(C(C)C)nc(C(C)(F)F)n1. The molecule has 0 saturated heterocycles. The summed E-state index contributed by atoms with van der Waals surface area (Å²) in [4.78, 5) is 23.5. The van der Waals surface area contributed by atoms with Gasteiger partial charge in [0, 0.05) is 37.9 Å². The lowest BCUT2D eigenvalue weighted by Crippen LogP contribution is -2.17. The lowest BCUT2D eigenvalue weighted by atomic mass is 10.1. The Hall–Kier alpha value is -2.49. The molecule has 7 nitrogen and oxygen atoms in total. The minimum absolute atomic E-state index is 0.0743. The van der Waals surface area contributed by atoms with Gasteiger partial charge in [0.25, 0.3) is 0 Å². The Balaban J connectivity index is 2.25. The van der Waals surface area contributed by atoms with Gasteiger partial charge < -0.3 is 5.32 Å². The topological polar surface area (TPSA) is 85.6 Å². The minimum Gasteiger partial charge on any atom is -0.311 e. The minimum atomic E-state index is -3.19. The van der Waals surface area contributed by atoms with E-state index in [1.165, 1.54) is 17.8 Å². The monoisotopic (exact) mass is 438 g/mol. The van der Waals surface area contributed by atoms with Crippen molar-refractivity contribution in [1.29, 1.82) is 0 Å². The third-order valence-corrected chi connectivity index (χ3v) is 4.34. The molecule has 1 amide bonds. The Labute approximate surface area is 162 Å². The van der Waals surface area contributed by atoms with E-state index in [1.54, 1.807) is 12.1 Å². The molecule has 0 aliphatic carbocycles. The molecule has 3 heterocycles. The van der Waals surface area contributed by atoms with Crippen LogP contribution in [-0.2, 0) is 10.7 Å². The van der Waals surface area contributed by atoms with Crippen LogP contribution < -0.4 is 5.32 Å². The summed E-state index contributed by atoms with van der Waals surface area (Å²) in [6, 6.07) is 3.23.